The van der Waals surface area contributed by atoms with Gasteiger partial charge in [-0.05, 0) is 59.5 Å². The van der Waals surface area contributed by atoms with E-state index >= 15 is 0 Å². The molecule has 0 amide bonds. The summed E-state index contributed by atoms with van der Waals surface area (Å²) in [6.07, 6.45) is -1.65. The molecule has 174 valence electrons. The zero-order valence-corrected chi connectivity index (χ0v) is 18.4. The van der Waals surface area contributed by atoms with Gasteiger partial charge >= 0.3 is 6.18 Å². The Morgan fingerprint density at radius 3 is 2.64 bits per heavy atom. The maximum absolute atomic E-state index is 13.6. The van der Waals surface area contributed by atoms with Crippen molar-refractivity contribution in [2.45, 2.75) is 24.0 Å². The van der Waals surface area contributed by atoms with E-state index in [-0.39, 0.29) is 25.7 Å². The number of nitrogens with one attached hydrogen (secondary N) is 1. The first kappa shape index (κ1) is 23.3. The number of pyridine rings is 1. The minimum absolute atomic E-state index is 0.0276. The van der Waals surface area contributed by atoms with E-state index in [9.17, 15) is 26.0 Å². The summed E-state index contributed by atoms with van der Waals surface area (Å²) < 4.78 is 82.1. The molecule has 33 heavy (non-hydrogen) atoms. The van der Waals surface area contributed by atoms with E-state index in [1.807, 2.05) is 25.1 Å². The molecule has 0 bridgehead atoms. The molecule has 0 spiro atoms. The molecular weight excluding hydrogens is 458 g/mol. The molecule has 2 aromatic carbocycles. The van der Waals surface area contributed by atoms with Crippen LogP contribution in [0.25, 0.3) is 11.1 Å². The second-order valence-electron chi connectivity index (χ2n) is 7.79. The molecular formula is C23H21F4N3O2S. The van der Waals surface area contributed by atoms with Crippen LogP contribution < -0.4 is 5.32 Å². The van der Waals surface area contributed by atoms with E-state index in [1.165, 1.54) is 0 Å². The number of hydrogen-bond acceptors (Lipinski definition) is 4. The first-order chi connectivity index (χ1) is 15.6. The molecule has 1 aliphatic rings. The molecule has 0 radical (unpaired) electrons. The third-order valence-electron chi connectivity index (χ3n) is 5.63. The molecule has 10 heteroatoms. The van der Waals surface area contributed by atoms with Crippen LogP contribution in [0.1, 0.15) is 22.7 Å². The Kier molecular flexibility index (Phi) is 6.26. The second-order valence-corrected chi connectivity index (χ2v) is 9.65. The minimum Gasteiger partial charge on any atom is -0.313 e. The van der Waals surface area contributed by atoms with E-state index in [4.69, 9.17) is 0 Å². The Morgan fingerprint density at radius 2 is 1.91 bits per heavy atom. The SMILES string of the molecule is Cc1cnccc1-c1cccc(C2CNCCN2S(=O)(=O)c2ccc(F)cc2C(F)(F)F)c1. The third-order valence-corrected chi connectivity index (χ3v) is 7.60. The van der Waals surface area contributed by atoms with Crippen molar-refractivity contribution in [2.24, 2.45) is 0 Å². The fraction of sp³-hybridized carbons (Fsp3) is 0.261. The van der Waals surface area contributed by atoms with Crippen molar-refractivity contribution in [3.8, 4) is 11.1 Å². The van der Waals surface area contributed by atoms with Crippen molar-refractivity contribution in [3.63, 3.8) is 0 Å². The number of sulfonamides is 1. The average molecular weight is 479 g/mol. The molecule has 1 saturated heterocycles. The van der Waals surface area contributed by atoms with Gasteiger partial charge in [-0.25, -0.2) is 12.8 Å². The van der Waals surface area contributed by atoms with Gasteiger partial charge in [-0.3, -0.25) is 4.98 Å². The summed E-state index contributed by atoms with van der Waals surface area (Å²) in [7, 11) is -4.58. The molecule has 1 unspecified atom stereocenters. The van der Waals surface area contributed by atoms with E-state index in [0.717, 1.165) is 27.1 Å². The summed E-state index contributed by atoms with van der Waals surface area (Å²) in [5.41, 5.74) is 1.81. The van der Waals surface area contributed by atoms with Crippen LogP contribution >= 0.6 is 0 Å². The van der Waals surface area contributed by atoms with Gasteiger partial charge in [0.2, 0.25) is 10.0 Å². The Morgan fingerprint density at radius 1 is 1.12 bits per heavy atom. The van der Waals surface area contributed by atoms with Gasteiger partial charge in [0.15, 0.2) is 0 Å². The van der Waals surface area contributed by atoms with Crippen LogP contribution in [-0.2, 0) is 16.2 Å². The van der Waals surface area contributed by atoms with Crippen molar-refractivity contribution in [2.75, 3.05) is 19.6 Å². The number of aryl methyl sites for hydroxylation is 1. The molecule has 1 fully saturated rings. The summed E-state index contributed by atoms with van der Waals surface area (Å²) in [6, 6.07) is 9.97. The molecule has 1 atom stereocenters. The first-order valence-corrected chi connectivity index (χ1v) is 11.6. The fourth-order valence-electron chi connectivity index (χ4n) is 4.04. The van der Waals surface area contributed by atoms with Gasteiger partial charge in [-0.1, -0.05) is 18.2 Å². The topological polar surface area (TPSA) is 62.3 Å². The molecule has 5 nitrogen and oxygen atoms in total. The average Bonchev–Trinajstić information content (AvgIpc) is 2.79. The number of benzene rings is 2. The van der Waals surface area contributed by atoms with Gasteiger partial charge < -0.3 is 5.32 Å². The summed E-state index contributed by atoms with van der Waals surface area (Å²) in [5, 5.41) is 3.11. The predicted molar refractivity (Wildman–Crippen MR) is 115 cm³/mol. The number of aromatic nitrogens is 1. The third kappa shape index (κ3) is 4.64. The van der Waals surface area contributed by atoms with Crippen LogP contribution in [0.15, 0.2) is 65.8 Å². The quantitative estimate of drug-likeness (QED) is 0.558. The summed E-state index contributed by atoms with van der Waals surface area (Å²) in [5.74, 6) is -1.15. The van der Waals surface area contributed by atoms with Gasteiger partial charge in [0.05, 0.1) is 16.5 Å². The van der Waals surface area contributed by atoms with Crippen molar-refractivity contribution < 1.29 is 26.0 Å². The molecule has 0 aliphatic carbocycles. The van der Waals surface area contributed by atoms with Crippen molar-refractivity contribution >= 4 is 10.0 Å². The minimum atomic E-state index is -5.02. The summed E-state index contributed by atoms with van der Waals surface area (Å²) in [6.45, 7) is 2.38. The Bertz CT molecular complexity index is 1280. The van der Waals surface area contributed by atoms with E-state index < -0.39 is 38.5 Å². The van der Waals surface area contributed by atoms with E-state index in [0.29, 0.717) is 11.6 Å². The Balaban J connectivity index is 1.78. The maximum atomic E-state index is 13.6. The highest BCUT2D eigenvalue weighted by Gasteiger charge is 2.42. The molecule has 0 saturated carbocycles. The van der Waals surface area contributed by atoms with E-state index in [2.05, 4.69) is 10.3 Å². The lowest BCUT2D eigenvalue weighted by molar-refractivity contribution is -0.140. The van der Waals surface area contributed by atoms with Crippen LogP contribution in [0, 0.1) is 12.7 Å². The number of piperazine rings is 1. The van der Waals surface area contributed by atoms with Gasteiger partial charge in [-0.2, -0.15) is 17.5 Å². The van der Waals surface area contributed by atoms with Gasteiger partial charge in [-0.15, -0.1) is 0 Å². The number of hydrogen-bond donors (Lipinski definition) is 1. The zero-order valence-electron chi connectivity index (χ0n) is 17.6. The Labute approximate surface area is 189 Å². The monoisotopic (exact) mass is 479 g/mol. The zero-order chi connectivity index (χ0) is 23.8. The molecule has 1 N–H and O–H groups in total. The lowest BCUT2D eigenvalue weighted by Crippen LogP contribution is -2.48. The lowest BCUT2D eigenvalue weighted by atomic mass is 9.97. The molecule has 2 heterocycles. The van der Waals surface area contributed by atoms with Crippen LogP contribution in [0.2, 0.25) is 0 Å². The van der Waals surface area contributed by atoms with Gasteiger partial charge in [0.1, 0.15) is 5.82 Å². The molecule has 3 aromatic rings. The largest absolute Gasteiger partial charge is 0.417 e. The smallest absolute Gasteiger partial charge is 0.313 e. The normalized spacial score (nSPS) is 17.8. The summed E-state index contributed by atoms with van der Waals surface area (Å²) >= 11 is 0. The van der Waals surface area contributed by atoms with Crippen molar-refractivity contribution in [3.05, 3.63) is 83.4 Å². The van der Waals surface area contributed by atoms with Crippen molar-refractivity contribution in [1.82, 2.24) is 14.6 Å². The van der Waals surface area contributed by atoms with Gasteiger partial charge in [0, 0.05) is 32.0 Å². The van der Waals surface area contributed by atoms with Crippen LogP contribution in [0.3, 0.4) is 0 Å². The predicted octanol–water partition coefficient (Wildman–Crippen LogP) is 4.55. The number of rotatable bonds is 4. The fourth-order valence-corrected chi connectivity index (χ4v) is 5.85. The molecule has 1 aliphatic heterocycles. The highest BCUT2D eigenvalue weighted by Crippen LogP contribution is 2.38. The summed E-state index contributed by atoms with van der Waals surface area (Å²) in [4.78, 5) is 3.12. The van der Waals surface area contributed by atoms with Gasteiger partial charge in [0.25, 0.3) is 0 Å². The Hall–Kier alpha value is -2.82. The van der Waals surface area contributed by atoms with Crippen molar-refractivity contribution in [1.29, 1.82) is 0 Å². The van der Waals surface area contributed by atoms with Crippen LogP contribution in [0.4, 0.5) is 17.6 Å². The van der Waals surface area contributed by atoms with Crippen LogP contribution in [0.5, 0.6) is 0 Å². The molecule has 1 aromatic heterocycles. The number of nitrogens with zero attached hydrogens (tertiary/aromatic N) is 2. The highest BCUT2D eigenvalue weighted by atomic mass is 32.2. The molecule has 4 rings (SSSR count). The first-order valence-electron chi connectivity index (χ1n) is 10.2. The standard InChI is InChI=1S/C23H21F4N3O2S/c1-15-13-28-8-7-19(15)16-3-2-4-17(11-16)21-14-29-9-10-30(21)33(31,32)22-6-5-18(24)12-20(22)23(25,26)27/h2-8,11-13,21,29H,9-10,14H2,1H3. The number of alkyl halides is 3. The second kappa shape index (κ2) is 8.85. The van der Waals surface area contributed by atoms with E-state index in [1.54, 1.807) is 24.5 Å². The maximum Gasteiger partial charge on any atom is 0.417 e. The van der Waals surface area contributed by atoms with Crippen LogP contribution in [-0.4, -0.2) is 37.3 Å². The highest BCUT2D eigenvalue weighted by molar-refractivity contribution is 7.89. The lowest BCUT2D eigenvalue weighted by Gasteiger charge is -2.36. The number of halogens is 4.